The van der Waals surface area contributed by atoms with Crippen molar-refractivity contribution in [2.24, 2.45) is 0 Å². The Hall–Kier alpha value is -2.57. The average Bonchev–Trinajstić information content (AvgIpc) is 3.32. The van der Waals surface area contributed by atoms with E-state index in [0.717, 1.165) is 33.8 Å². The molecular weight excluding hydrogens is 378 g/mol. The third-order valence-corrected chi connectivity index (χ3v) is 5.62. The summed E-state index contributed by atoms with van der Waals surface area (Å²) >= 11 is 7.87. The zero-order valence-corrected chi connectivity index (χ0v) is 16.4. The molecule has 27 heavy (non-hydrogen) atoms. The molecule has 5 nitrogen and oxygen atoms in total. The van der Waals surface area contributed by atoms with E-state index in [1.165, 1.54) is 5.56 Å². The topological polar surface area (TPSA) is 48.5 Å². The van der Waals surface area contributed by atoms with Gasteiger partial charge >= 0.3 is 0 Å². The fraction of sp³-hybridized carbons (Fsp3) is 0.150. The van der Waals surface area contributed by atoms with Crippen LogP contribution in [0, 0.1) is 6.92 Å². The smallest absolute Gasteiger partial charge is 0.196 e. The van der Waals surface area contributed by atoms with E-state index in [1.54, 1.807) is 18.1 Å². The molecule has 4 rings (SSSR count). The lowest BCUT2D eigenvalue weighted by molar-refractivity contribution is 0.755. The predicted molar refractivity (Wildman–Crippen MR) is 108 cm³/mol. The summed E-state index contributed by atoms with van der Waals surface area (Å²) in [5, 5.41) is 9.86. The molecular formula is C20H18ClN5S. The van der Waals surface area contributed by atoms with Crippen LogP contribution in [0.15, 0.2) is 72.4 Å². The zero-order valence-electron chi connectivity index (χ0n) is 14.8. The van der Waals surface area contributed by atoms with Crippen LogP contribution < -0.4 is 0 Å². The number of benzene rings is 2. The normalized spacial score (nSPS) is 11.0. The fourth-order valence-electron chi connectivity index (χ4n) is 2.76. The Morgan fingerprint density at radius 3 is 2.78 bits per heavy atom. The molecule has 0 saturated heterocycles. The number of imidazole rings is 1. The maximum atomic E-state index is 6.26. The molecule has 0 aliphatic carbocycles. The molecule has 7 heteroatoms. The average molecular weight is 396 g/mol. The van der Waals surface area contributed by atoms with Gasteiger partial charge in [-0.15, -0.1) is 10.2 Å². The van der Waals surface area contributed by atoms with Gasteiger partial charge in [-0.25, -0.2) is 4.98 Å². The molecule has 0 fully saturated rings. The summed E-state index contributed by atoms with van der Waals surface area (Å²) in [5.41, 5.74) is 3.25. The molecule has 0 N–H and O–H groups in total. The minimum Gasteiger partial charge on any atom is -0.330 e. The number of hydrogen-bond donors (Lipinski definition) is 0. The number of rotatable bonds is 6. The second kappa shape index (κ2) is 7.98. The van der Waals surface area contributed by atoms with Crippen molar-refractivity contribution in [1.29, 1.82) is 0 Å². The van der Waals surface area contributed by atoms with Gasteiger partial charge in [0.25, 0.3) is 0 Å². The summed E-state index contributed by atoms with van der Waals surface area (Å²) in [6, 6.07) is 16.3. The van der Waals surface area contributed by atoms with Gasteiger partial charge in [-0.05, 0) is 30.2 Å². The highest BCUT2D eigenvalue weighted by Crippen LogP contribution is 2.25. The molecule has 0 amide bonds. The minimum atomic E-state index is 0.706. The Morgan fingerprint density at radius 2 is 1.96 bits per heavy atom. The largest absolute Gasteiger partial charge is 0.330 e. The highest BCUT2D eigenvalue weighted by Gasteiger charge is 2.11. The number of thioether (sulfide) groups is 1. The molecule has 2 aromatic heterocycles. The van der Waals surface area contributed by atoms with E-state index in [0.29, 0.717) is 5.75 Å². The lowest BCUT2D eigenvalue weighted by Crippen LogP contribution is -2.04. The Kier molecular flexibility index (Phi) is 5.27. The second-order valence-electron chi connectivity index (χ2n) is 6.16. The molecule has 0 radical (unpaired) electrons. The number of halogens is 1. The predicted octanol–water partition coefficient (Wildman–Crippen LogP) is 4.77. The van der Waals surface area contributed by atoms with Crippen LogP contribution >= 0.6 is 23.4 Å². The highest BCUT2D eigenvalue weighted by molar-refractivity contribution is 7.98. The van der Waals surface area contributed by atoms with Gasteiger partial charge in [-0.1, -0.05) is 59.8 Å². The van der Waals surface area contributed by atoms with Crippen molar-refractivity contribution < 1.29 is 0 Å². The first-order valence-corrected chi connectivity index (χ1v) is 9.90. The van der Waals surface area contributed by atoms with Crippen molar-refractivity contribution in [3.63, 3.8) is 0 Å². The Morgan fingerprint density at radius 1 is 1.11 bits per heavy atom. The molecule has 4 aromatic rings. The first-order valence-electron chi connectivity index (χ1n) is 8.54. The van der Waals surface area contributed by atoms with Gasteiger partial charge in [0.15, 0.2) is 5.16 Å². The van der Waals surface area contributed by atoms with Crippen LogP contribution in [0.5, 0.6) is 0 Å². The van der Waals surface area contributed by atoms with E-state index < -0.39 is 0 Å². The van der Waals surface area contributed by atoms with Gasteiger partial charge in [0.05, 0.1) is 11.4 Å². The first-order chi connectivity index (χ1) is 13.2. The molecule has 0 aliphatic rings. The molecule has 0 unspecified atom stereocenters. The summed E-state index contributed by atoms with van der Waals surface area (Å²) in [7, 11) is 0. The Balaban J connectivity index is 1.50. The SMILES string of the molecule is Cc1ccc(-n2cnnc2SCc2nccn2Cc2ccccc2)cc1Cl. The van der Waals surface area contributed by atoms with Crippen molar-refractivity contribution in [2.45, 2.75) is 24.4 Å². The van der Waals surface area contributed by atoms with Crippen LogP contribution in [0.1, 0.15) is 17.0 Å². The molecule has 0 atom stereocenters. The highest BCUT2D eigenvalue weighted by atomic mass is 35.5. The molecule has 0 aliphatic heterocycles. The zero-order chi connectivity index (χ0) is 18.6. The monoisotopic (exact) mass is 395 g/mol. The van der Waals surface area contributed by atoms with Crippen LogP contribution in [0.25, 0.3) is 5.69 Å². The summed E-state index contributed by atoms with van der Waals surface area (Å²) in [4.78, 5) is 4.50. The standard InChI is InChI=1S/C20H18ClN5S/c1-15-7-8-17(11-18(15)21)26-14-23-24-20(26)27-13-19-22-9-10-25(19)12-16-5-3-2-4-6-16/h2-11,14H,12-13H2,1H3. The van der Waals surface area contributed by atoms with Crippen LogP contribution in [-0.2, 0) is 12.3 Å². The molecule has 136 valence electrons. The van der Waals surface area contributed by atoms with Crippen molar-refractivity contribution in [2.75, 3.05) is 0 Å². The first kappa shape index (κ1) is 17.8. The van der Waals surface area contributed by atoms with E-state index in [2.05, 4.69) is 44.0 Å². The number of aryl methyl sites for hydroxylation is 1. The molecule has 2 aromatic carbocycles. The van der Waals surface area contributed by atoms with E-state index in [-0.39, 0.29) is 0 Å². The van der Waals surface area contributed by atoms with Crippen molar-refractivity contribution in [3.05, 3.63) is 89.2 Å². The lowest BCUT2D eigenvalue weighted by Gasteiger charge is -2.09. The quantitative estimate of drug-likeness (QED) is 0.441. The van der Waals surface area contributed by atoms with Crippen LogP contribution in [0.4, 0.5) is 0 Å². The molecule has 0 bridgehead atoms. The molecule has 2 heterocycles. The van der Waals surface area contributed by atoms with Gasteiger partial charge in [-0.3, -0.25) is 4.57 Å². The molecule has 0 saturated carbocycles. The van der Waals surface area contributed by atoms with E-state index in [4.69, 9.17) is 11.6 Å². The second-order valence-corrected chi connectivity index (χ2v) is 7.51. The van der Waals surface area contributed by atoms with Gasteiger partial charge in [0, 0.05) is 24.0 Å². The minimum absolute atomic E-state index is 0.706. The summed E-state index contributed by atoms with van der Waals surface area (Å²) in [5.74, 6) is 1.71. The van der Waals surface area contributed by atoms with Crippen molar-refractivity contribution in [3.8, 4) is 5.69 Å². The lowest BCUT2D eigenvalue weighted by atomic mass is 10.2. The third kappa shape index (κ3) is 4.07. The van der Waals surface area contributed by atoms with E-state index in [9.17, 15) is 0 Å². The maximum Gasteiger partial charge on any atom is 0.196 e. The van der Waals surface area contributed by atoms with E-state index >= 15 is 0 Å². The fourth-order valence-corrected chi connectivity index (χ4v) is 3.83. The summed E-state index contributed by atoms with van der Waals surface area (Å²) < 4.78 is 4.10. The maximum absolute atomic E-state index is 6.26. The van der Waals surface area contributed by atoms with Gasteiger partial charge in [0.1, 0.15) is 12.2 Å². The summed E-state index contributed by atoms with van der Waals surface area (Å²) in [6.07, 6.45) is 5.55. The van der Waals surface area contributed by atoms with Crippen LogP contribution in [0.3, 0.4) is 0 Å². The van der Waals surface area contributed by atoms with Crippen molar-refractivity contribution >= 4 is 23.4 Å². The van der Waals surface area contributed by atoms with Gasteiger partial charge < -0.3 is 4.57 Å². The summed E-state index contributed by atoms with van der Waals surface area (Å²) in [6.45, 7) is 2.79. The number of aromatic nitrogens is 5. The number of hydrogen-bond acceptors (Lipinski definition) is 4. The van der Waals surface area contributed by atoms with E-state index in [1.807, 2.05) is 48.1 Å². The van der Waals surface area contributed by atoms with Gasteiger partial charge in [0.2, 0.25) is 0 Å². The van der Waals surface area contributed by atoms with Crippen LogP contribution in [0.2, 0.25) is 5.02 Å². The van der Waals surface area contributed by atoms with Crippen LogP contribution in [-0.4, -0.2) is 24.3 Å². The molecule has 0 spiro atoms. The third-order valence-electron chi connectivity index (χ3n) is 4.28. The number of nitrogens with zero attached hydrogens (tertiary/aromatic N) is 5. The Labute approximate surface area is 167 Å². The Bertz CT molecular complexity index is 1040. The van der Waals surface area contributed by atoms with Gasteiger partial charge in [-0.2, -0.15) is 0 Å². The van der Waals surface area contributed by atoms with Crippen molar-refractivity contribution in [1.82, 2.24) is 24.3 Å².